The van der Waals surface area contributed by atoms with Gasteiger partial charge in [0.1, 0.15) is 11.2 Å². The summed E-state index contributed by atoms with van der Waals surface area (Å²) >= 11 is 3.76. The van der Waals surface area contributed by atoms with Gasteiger partial charge in [-0.05, 0) is 111 Å². The predicted molar refractivity (Wildman–Crippen MR) is 260 cm³/mol. The van der Waals surface area contributed by atoms with E-state index in [-0.39, 0.29) is 0 Å². The lowest BCUT2D eigenvalue weighted by molar-refractivity contribution is 0.669. The Kier molecular flexibility index (Phi) is 7.38. The van der Waals surface area contributed by atoms with Crippen LogP contribution in [0, 0.1) is 0 Å². The topological polar surface area (TPSA) is 16.4 Å². The number of para-hydroxylation sites is 1. The minimum absolute atomic E-state index is 0.884. The van der Waals surface area contributed by atoms with Gasteiger partial charge in [-0.1, -0.05) is 127 Å². The number of hydrogen-bond donors (Lipinski definition) is 0. The van der Waals surface area contributed by atoms with Gasteiger partial charge in [0.15, 0.2) is 0 Å². The van der Waals surface area contributed by atoms with Gasteiger partial charge >= 0.3 is 0 Å². The lowest BCUT2D eigenvalue weighted by Gasteiger charge is -2.28. The third-order valence-electron chi connectivity index (χ3n) is 12.2. The molecule has 0 unspecified atom stereocenters. The summed E-state index contributed by atoms with van der Waals surface area (Å²) in [6.07, 6.45) is 0. The number of rotatable bonds is 5. The summed E-state index contributed by atoms with van der Waals surface area (Å²) in [6.45, 7) is 0. The molecule has 2 nitrogen and oxygen atoms in total. The van der Waals surface area contributed by atoms with Crippen molar-refractivity contribution in [1.29, 1.82) is 0 Å². The zero-order valence-electron chi connectivity index (χ0n) is 32.2. The normalized spacial score (nSPS) is 12.0. The second-order valence-corrected chi connectivity index (χ2v) is 17.8. The minimum Gasteiger partial charge on any atom is -0.456 e. The van der Waals surface area contributed by atoms with Crippen LogP contribution in [0.3, 0.4) is 0 Å². The van der Waals surface area contributed by atoms with Crippen LogP contribution in [0.25, 0.3) is 106 Å². The molecule has 10 aromatic carbocycles. The Hall–Kier alpha value is -7.24. The second-order valence-electron chi connectivity index (χ2n) is 15.6. The number of fused-ring (bicyclic) bond motifs is 12. The van der Waals surface area contributed by atoms with Gasteiger partial charge < -0.3 is 9.32 Å². The highest BCUT2D eigenvalue weighted by Gasteiger charge is 2.21. The molecule has 0 amide bonds. The molecular weight excluding hydrogens is 767 g/mol. The molecule has 0 fully saturated rings. The highest BCUT2D eigenvalue weighted by atomic mass is 32.1. The molecule has 0 bridgehead atoms. The van der Waals surface area contributed by atoms with Crippen LogP contribution in [0.15, 0.2) is 205 Å². The quantitative estimate of drug-likeness (QED) is 0.172. The van der Waals surface area contributed by atoms with Crippen LogP contribution in [0.2, 0.25) is 0 Å². The molecule has 0 saturated carbocycles. The van der Waals surface area contributed by atoms with Gasteiger partial charge in [0.05, 0.1) is 5.69 Å². The van der Waals surface area contributed by atoms with Gasteiger partial charge in [-0.15, -0.1) is 22.7 Å². The van der Waals surface area contributed by atoms with Crippen LogP contribution >= 0.6 is 22.7 Å². The van der Waals surface area contributed by atoms with E-state index < -0.39 is 0 Å². The van der Waals surface area contributed by atoms with Crippen LogP contribution in [0.4, 0.5) is 17.1 Å². The van der Waals surface area contributed by atoms with Crippen molar-refractivity contribution in [2.24, 2.45) is 0 Å². The molecule has 3 heterocycles. The van der Waals surface area contributed by atoms with Crippen molar-refractivity contribution >= 4 is 124 Å². The van der Waals surface area contributed by atoms with Crippen molar-refractivity contribution in [3.63, 3.8) is 0 Å². The number of benzene rings is 10. The Balaban J connectivity index is 1.03. The first-order valence-electron chi connectivity index (χ1n) is 20.3. The van der Waals surface area contributed by atoms with Crippen molar-refractivity contribution in [3.8, 4) is 22.3 Å². The number of hydrogen-bond acceptors (Lipinski definition) is 4. The fraction of sp³-hybridized carbons (Fsp3) is 0. The molecule has 0 N–H and O–H groups in total. The maximum Gasteiger partial charge on any atom is 0.136 e. The SMILES string of the molecule is c1ccc(-c2ccccc2N(c2ccc3sc4cccc(-c5ccc6c(c5)sc5cc7ccccc7cc56)c4c3c2)c2ccc3oc4ccc5ccccc5c4c3c2)cc1. The zero-order valence-corrected chi connectivity index (χ0v) is 33.9. The van der Waals surface area contributed by atoms with Gasteiger partial charge in [0.2, 0.25) is 0 Å². The smallest absolute Gasteiger partial charge is 0.136 e. The second kappa shape index (κ2) is 13.1. The predicted octanol–water partition coefficient (Wildman–Crippen LogP) is 17.4. The van der Waals surface area contributed by atoms with E-state index in [1.54, 1.807) is 0 Å². The molecule has 13 rings (SSSR count). The van der Waals surface area contributed by atoms with Gasteiger partial charge in [0.25, 0.3) is 0 Å². The Morgan fingerprint density at radius 1 is 0.333 bits per heavy atom. The van der Waals surface area contributed by atoms with Crippen LogP contribution < -0.4 is 4.90 Å². The lowest BCUT2D eigenvalue weighted by Crippen LogP contribution is -2.11. The van der Waals surface area contributed by atoms with E-state index in [0.29, 0.717) is 0 Å². The van der Waals surface area contributed by atoms with Crippen molar-refractivity contribution < 1.29 is 4.42 Å². The summed E-state index contributed by atoms with van der Waals surface area (Å²) in [4.78, 5) is 2.44. The third kappa shape index (κ3) is 5.18. The molecule has 280 valence electrons. The monoisotopic (exact) mass is 799 g/mol. The summed E-state index contributed by atoms with van der Waals surface area (Å²) < 4.78 is 11.7. The summed E-state index contributed by atoms with van der Waals surface area (Å²) in [5, 5.41) is 12.4. The summed E-state index contributed by atoms with van der Waals surface area (Å²) in [6, 6.07) is 73.3. The van der Waals surface area contributed by atoms with Crippen LogP contribution in [-0.2, 0) is 0 Å². The van der Waals surface area contributed by atoms with Crippen LogP contribution in [0.5, 0.6) is 0 Å². The molecule has 0 saturated heterocycles. The third-order valence-corrected chi connectivity index (χ3v) is 14.5. The highest BCUT2D eigenvalue weighted by Crippen LogP contribution is 2.48. The summed E-state index contributed by atoms with van der Waals surface area (Å²) in [7, 11) is 0. The Bertz CT molecular complexity index is 3850. The Morgan fingerprint density at radius 3 is 1.93 bits per heavy atom. The van der Waals surface area contributed by atoms with Crippen molar-refractivity contribution in [3.05, 3.63) is 200 Å². The standard InChI is InChI=1S/C56H33NOS2/c1-2-11-34(12-3-1)41-16-8-9-19-48(41)57(39-23-27-49-46(32-39)55-42-17-7-6-13-35(42)22-26-50(55)58-49)40-24-28-51-47(33-40)56-43(18-10-20-52(56)59-51)38-21-25-44-45-29-36-14-4-5-15-37(36)30-54(45)60-53(44)31-38/h1-33H. The van der Waals surface area contributed by atoms with E-state index in [0.717, 1.165) is 39.0 Å². The summed E-state index contributed by atoms with van der Waals surface area (Å²) in [5.74, 6) is 0. The molecule has 13 aromatic rings. The molecule has 0 aliphatic carbocycles. The number of furan rings is 1. The fourth-order valence-corrected chi connectivity index (χ4v) is 11.7. The first-order chi connectivity index (χ1) is 29.7. The van der Waals surface area contributed by atoms with E-state index in [1.807, 2.05) is 22.7 Å². The number of nitrogens with zero attached hydrogens (tertiary/aromatic N) is 1. The maximum absolute atomic E-state index is 6.50. The first-order valence-corrected chi connectivity index (χ1v) is 21.9. The first kappa shape index (κ1) is 33.7. The Morgan fingerprint density at radius 2 is 1.03 bits per heavy atom. The Labute approximate surface area is 353 Å². The molecule has 0 atom stereocenters. The van der Waals surface area contributed by atoms with Crippen molar-refractivity contribution in [2.75, 3.05) is 4.90 Å². The largest absolute Gasteiger partial charge is 0.456 e. The molecule has 0 spiro atoms. The van der Waals surface area contributed by atoms with E-state index >= 15 is 0 Å². The lowest BCUT2D eigenvalue weighted by atomic mass is 9.97. The van der Waals surface area contributed by atoms with E-state index in [9.17, 15) is 0 Å². The molecule has 0 radical (unpaired) electrons. The maximum atomic E-state index is 6.50. The van der Waals surface area contributed by atoms with Crippen LogP contribution in [-0.4, -0.2) is 0 Å². The van der Waals surface area contributed by atoms with Gasteiger partial charge in [-0.25, -0.2) is 0 Å². The van der Waals surface area contributed by atoms with E-state index in [4.69, 9.17) is 4.42 Å². The summed E-state index contributed by atoms with van der Waals surface area (Å²) in [5.41, 5.74) is 9.91. The van der Waals surface area contributed by atoms with E-state index in [1.165, 1.54) is 84.1 Å². The van der Waals surface area contributed by atoms with Crippen LogP contribution in [0.1, 0.15) is 0 Å². The molecule has 0 aliphatic rings. The number of anilines is 3. The molecular formula is C56H33NOS2. The average Bonchev–Trinajstić information content (AvgIpc) is 3.99. The number of thiophene rings is 2. The van der Waals surface area contributed by atoms with Gasteiger partial charge in [0, 0.05) is 68.1 Å². The highest BCUT2D eigenvalue weighted by molar-refractivity contribution is 7.26. The molecule has 4 heteroatoms. The fourth-order valence-electron chi connectivity index (χ4n) is 9.46. The van der Waals surface area contributed by atoms with Crippen molar-refractivity contribution in [1.82, 2.24) is 0 Å². The molecule has 3 aromatic heterocycles. The van der Waals surface area contributed by atoms with Crippen molar-refractivity contribution in [2.45, 2.75) is 0 Å². The molecule has 0 aliphatic heterocycles. The molecule has 60 heavy (non-hydrogen) atoms. The zero-order chi connectivity index (χ0) is 39.3. The van der Waals surface area contributed by atoms with E-state index in [2.05, 4.69) is 205 Å². The van der Waals surface area contributed by atoms with Gasteiger partial charge in [-0.2, -0.15) is 0 Å². The van der Waals surface area contributed by atoms with Gasteiger partial charge in [-0.3, -0.25) is 0 Å². The minimum atomic E-state index is 0.884. The average molecular weight is 800 g/mol.